The number of hydrogen-bond donors (Lipinski definition) is 1. The van der Waals surface area contributed by atoms with Crippen molar-refractivity contribution in [3.63, 3.8) is 0 Å². The van der Waals surface area contributed by atoms with Gasteiger partial charge in [0.1, 0.15) is 11.0 Å². The van der Waals surface area contributed by atoms with E-state index in [0.717, 1.165) is 10.7 Å². The third-order valence-electron chi connectivity index (χ3n) is 9.55. The van der Waals surface area contributed by atoms with Crippen molar-refractivity contribution in [2.45, 2.75) is 112 Å². The van der Waals surface area contributed by atoms with Gasteiger partial charge >= 0.3 is 0 Å². The van der Waals surface area contributed by atoms with Gasteiger partial charge in [-0.15, -0.1) is 11.3 Å². The molecule has 3 aromatic carbocycles. The van der Waals surface area contributed by atoms with Gasteiger partial charge in [-0.05, 0) is 76.0 Å². The molecule has 2 aromatic heterocycles. The molecule has 1 atom stereocenters. The van der Waals surface area contributed by atoms with E-state index in [9.17, 15) is 0 Å². The number of thiazole rings is 1. The number of anilines is 1. The zero-order valence-electron chi connectivity index (χ0n) is 29.5. The molecular formula is C41H53N3S. The fraction of sp³-hybridized carbons (Fsp3) is 0.439. The van der Waals surface area contributed by atoms with E-state index in [-0.39, 0.29) is 6.04 Å². The van der Waals surface area contributed by atoms with E-state index in [4.69, 9.17) is 4.98 Å². The molecule has 0 saturated heterocycles. The van der Waals surface area contributed by atoms with Crippen LogP contribution in [0.15, 0.2) is 60.0 Å². The highest BCUT2D eigenvalue weighted by Crippen LogP contribution is 2.44. The second-order valence-corrected chi connectivity index (χ2v) is 15.3. The SMILES string of the molecule is Cc1c(-c2csc(C(Nc3c(C(C)C)cccc3C(C)C)c3c(C(C)C)cc(C(C)C)cc3C(C)C)n2)c2ccccc2n1C. The van der Waals surface area contributed by atoms with Crippen LogP contribution >= 0.6 is 11.3 Å². The second-order valence-electron chi connectivity index (χ2n) is 14.4. The van der Waals surface area contributed by atoms with E-state index >= 15 is 0 Å². The Morgan fingerprint density at radius 1 is 0.689 bits per heavy atom. The van der Waals surface area contributed by atoms with Crippen LogP contribution in [0.4, 0.5) is 5.69 Å². The summed E-state index contributed by atoms with van der Waals surface area (Å²) in [5, 5.41) is 8.88. The number of fused-ring (bicyclic) bond motifs is 1. The van der Waals surface area contributed by atoms with Gasteiger partial charge in [-0.1, -0.05) is 118 Å². The molecule has 0 aliphatic rings. The summed E-state index contributed by atoms with van der Waals surface area (Å²) in [6, 6.07) is 20.4. The summed E-state index contributed by atoms with van der Waals surface area (Å²) in [4.78, 5) is 5.53. The Bertz CT molecular complexity index is 1740. The molecule has 5 aromatic rings. The number of nitrogens with one attached hydrogen (secondary N) is 1. The minimum atomic E-state index is -0.0764. The van der Waals surface area contributed by atoms with Gasteiger partial charge in [-0.25, -0.2) is 4.98 Å². The highest BCUT2D eigenvalue weighted by molar-refractivity contribution is 7.10. The number of benzene rings is 3. The summed E-state index contributed by atoms with van der Waals surface area (Å²) in [5.74, 6) is 2.02. The maximum Gasteiger partial charge on any atom is 0.120 e. The van der Waals surface area contributed by atoms with Crippen LogP contribution in [0.2, 0.25) is 0 Å². The van der Waals surface area contributed by atoms with Crippen molar-refractivity contribution in [2.24, 2.45) is 7.05 Å². The molecule has 238 valence electrons. The maximum atomic E-state index is 5.53. The van der Waals surface area contributed by atoms with Gasteiger partial charge < -0.3 is 9.88 Å². The number of para-hydroxylation sites is 2. The lowest BCUT2D eigenvalue weighted by atomic mass is 9.81. The van der Waals surface area contributed by atoms with E-state index in [1.807, 2.05) is 0 Å². The van der Waals surface area contributed by atoms with Crippen LogP contribution in [0.25, 0.3) is 22.2 Å². The number of nitrogens with zero attached hydrogens (tertiary/aromatic N) is 2. The van der Waals surface area contributed by atoms with Gasteiger partial charge in [0.2, 0.25) is 0 Å². The second kappa shape index (κ2) is 13.2. The molecule has 45 heavy (non-hydrogen) atoms. The smallest absolute Gasteiger partial charge is 0.120 e. The van der Waals surface area contributed by atoms with Crippen molar-refractivity contribution in [1.82, 2.24) is 9.55 Å². The average Bonchev–Trinajstić information content (AvgIpc) is 3.57. The summed E-state index contributed by atoms with van der Waals surface area (Å²) in [6.45, 7) is 25.5. The van der Waals surface area contributed by atoms with Gasteiger partial charge in [0.05, 0.1) is 5.69 Å². The highest BCUT2D eigenvalue weighted by atomic mass is 32.1. The first-order valence-corrected chi connectivity index (χ1v) is 17.8. The molecule has 2 heterocycles. The largest absolute Gasteiger partial charge is 0.372 e. The fourth-order valence-corrected chi connectivity index (χ4v) is 7.71. The lowest BCUT2D eigenvalue weighted by molar-refractivity contribution is 0.750. The van der Waals surface area contributed by atoms with Gasteiger partial charge in [-0.3, -0.25) is 0 Å². The molecule has 0 aliphatic heterocycles. The zero-order valence-corrected chi connectivity index (χ0v) is 30.4. The predicted octanol–water partition coefficient (Wildman–Crippen LogP) is 12.4. The van der Waals surface area contributed by atoms with Crippen molar-refractivity contribution in [1.29, 1.82) is 0 Å². The van der Waals surface area contributed by atoms with E-state index in [2.05, 4.69) is 153 Å². The van der Waals surface area contributed by atoms with Crippen LogP contribution in [0.5, 0.6) is 0 Å². The van der Waals surface area contributed by atoms with Gasteiger partial charge in [0.15, 0.2) is 0 Å². The van der Waals surface area contributed by atoms with Crippen LogP contribution in [0.3, 0.4) is 0 Å². The third-order valence-corrected chi connectivity index (χ3v) is 10.5. The molecule has 3 nitrogen and oxygen atoms in total. The monoisotopic (exact) mass is 619 g/mol. The molecule has 1 unspecified atom stereocenters. The van der Waals surface area contributed by atoms with E-state index in [0.29, 0.717) is 29.6 Å². The summed E-state index contributed by atoms with van der Waals surface area (Å²) in [7, 11) is 2.16. The Morgan fingerprint density at radius 2 is 1.24 bits per heavy atom. The molecule has 4 heteroatoms. The van der Waals surface area contributed by atoms with Crippen molar-refractivity contribution in [2.75, 3.05) is 5.32 Å². The van der Waals surface area contributed by atoms with Gasteiger partial charge in [0, 0.05) is 40.3 Å². The summed E-state index contributed by atoms with van der Waals surface area (Å²) >= 11 is 1.79. The minimum absolute atomic E-state index is 0.0764. The van der Waals surface area contributed by atoms with Crippen LogP contribution in [0, 0.1) is 6.92 Å². The molecule has 0 saturated carbocycles. The Hall–Kier alpha value is -3.37. The lowest BCUT2D eigenvalue weighted by Crippen LogP contribution is -2.20. The quantitative estimate of drug-likeness (QED) is 0.168. The van der Waals surface area contributed by atoms with Crippen molar-refractivity contribution in [3.05, 3.63) is 104 Å². The third kappa shape index (κ3) is 6.23. The van der Waals surface area contributed by atoms with Crippen LogP contribution in [-0.2, 0) is 7.05 Å². The molecular weight excluding hydrogens is 567 g/mol. The molecule has 1 N–H and O–H groups in total. The van der Waals surface area contributed by atoms with Crippen molar-refractivity contribution in [3.8, 4) is 11.3 Å². The van der Waals surface area contributed by atoms with Gasteiger partial charge in [-0.2, -0.15) is 0 Å². The number of aryl methyl sites for hydroxylation is 1. The van der Waals surface area contributed by atoms with E-state index < -0.39 is 0 Å². The molecule has 0 radical (unpaired) electrons. The van der Waals surface area contributed by atoms with Crippen LogP contribution in [-0.4, -0.2) is 9.55 Å². The van der Waals surface area contributed by atoms with Crippen LogP contribution in [0.1, 0.15) is 149 Å². The Balaban J connectivity index is 1.81. The van der Waals surface area contributed by atoms with Crippen molar-refractivity contribution >= 4 is 27.9 Å². The van der Waals surface area contributed by atoms with E-state index in [1.54, 1.807) is 11.3 Å². The molecule has 0 amide bonds. The zero-order chi connectivity index (χ0) is 32.7. The summed E-state index contributed by atoms with van der Waals surface area (Å²) in [6.07, 6.45) is 0. The Morgan fingerprint density at radius 3 is 1.78 bits per heavy atom. The standard InChI is InChI=1S/C41H53N3S/c1-23(2)29-20-33(26(7)8)38(34(21-29)27(9)10)40(43-39-30(24(3)4)17-15-18-31(39)25(5)6)41-42-35(22-45-41)37-28(11)44(12)36-19-14-13-16-32(36)37/h13-27,40,43H,1-12H3. The Kier molecular flexibility index (Phi) is 9.65. The Labute approximate surface area is 276 Å². The molecule has 5 rings (SSSR count). The summed E-state index contributed by atoms with van der Waals surface area (Å²) < 4.78 is 2.30. The first-order valence-electron chi connectivity index (χ1n) is 16.9. The predicted molar refractivity (Wildman–Crippen MR) is 198 cm³/mol. The minimum Gasteiger partial charge on any atom is -0.372 e. The number of rotatable bonds is 10. The highest BCUT2D eigenvalue weighted by Gasteiger charge is 2.30. The lowest BCUT2D eigenvalue weighted by Gasteiger charge is -2.31. The molecule has 0 aliphatic carbocycles. The van der Waals surface area contributed by atoms with E-state index in [1.165, 1.54) is 61.2 Å². The molecule has 0 bridgehead atoms. The summed E-state index contributed by atoms with van der Waals surface area (Å²) in [5.41, 5.74) is 14.5. The van der Waals surface area contributed by atoms with Crippen LogP contribution < -0.4 is 5.32 Å². The number of aromatic nitrogens is 2. The molecule has 0 spiro atoms. The number of hydrogen-bond acceptors (Lipinski definition) is 3. The first kappa shape index (κ1) is 33.0. The van der Waals surface area contributed by atoms with Gasteiger partial charge in [0.25, 0.3) is 0 Å². The topological polar surface area (TPSA) is 29.9 Å². The van der Waals surface area contributed by atoms with Crippen molar-refractivity contribution < 1.29 is 0 Å². The normalized spacial score (nSPS) is 12.9. The average molecular weight is 620 g/mol. The fourth-order valence-electron chi connectivity index (χ4n) is 6.84. The molecule has 0 fully saturated rings. The first-order chi connectivity index (χ1) is 21.3. The maximum absolute atomic E-state index is 5.53.